The number of aliphatic hydroxyl groups excluding tert-OH is 1. The first-order valence-corrected chi connectivity index (χ1v) is 9.99. The number of nitrogens with zero attached hydrogens (tertiary/aromatic N) is 2. The van der Waals surface area contributed by atoms with E-state index in [9.17, 15) is 14.7 Å². The van der Waals surface area contributed by atoms with Crippen LogP contribution in [-0.4, -0.2) is 40.9 Å². The molecule has 0 spiro atoms. The Hall–Kier alpha value is -4.13. The first-order chi connectivity index (χ1) is 15.5. The molecule has 7 heteroatoms. The number of benzene rings is 2. The number of methoxy groups -OCH3 is 2. The SMILES string of the molecule is COc1ccc(/C(O)=C2/C(=O)C(=O)N(Cc3cccnc3)C2c2ccc(OC)cc2)cc1. The van der Waals surface area contributed by atoms with Gasteiger partial charge in [0, 0.05) is 24.5 Å². The highest BCUT2D eigenvalue weighted by molar-refractivity contribution is 6.46. The fourth-order valence-electron chi connectivity index (χ4n) is 3.77. The van der Waals surface area contributed by atoms with Gasteiger partial charge in [-0.1, -0.05) is 18.2 Å². The van der Waals surface area contributed by atoms with Crippen molar-refractivity contribution in [2.24, 2.45) is 0 Å². The van der Waals surface area contributed by atoms with Crippen molar-refractivity contribution in [2.45, 2.75) is 12.6 Å². The average molecular weight is 430 g/mol. The molecule has 2 aromatic carbocycles. The Labute approximate surface area is 185 Å². The Balaban J connectivity index is 1.83. The van der Waals surface area contributed by atoms with Crippen LogP contribution in [0.25, 0.3) is 5.76 Å². The van der Waals surface area contributed by atoms with Crippen LogP contribution in [0.2, 0.25) is 0 Å². The second kappa shape index (κ2) is 8.93. The zero-order valence-electron chi connectivity index (χ0n) is 17.7. The van der Waals surface area contributed by atoms with Gasteiger partial charge in [0.2, 0.25) is 0 Å². The van der Waals surface area contributed by atoms with Gasteiger partial charge in [0.05, 0.1) is 25.8 Å². The number of hydrogen-bond donors (Lipinski definition) is 1. The summed E-state index contributed by atoms with van der Waals surface area (Å²) in [5, 5.41) is 11.1. The molecule has 7 nitrogen and oxygen atoms in total. The van der Waals surface area contributed by atoms with Crippen LogP contribution >= 0.6 is 0 Å². The number of amides is 1. The molecule has 0 bridgehead atoms. The number of pyridine rings is 1. The number of rotatable bonds is 6. The Morgan fingerprint density at radius 2 is 1.59 bits per heavy atom. The van der Waals surface area contributed by atoms with Crippen molar-refractivity contribution in [2.75, 3.05) is 14.2 Å². The molecule has 1 aliphatic rings. The molecule has 1 aliphatic heterocycles. The molecule has 4 rings (SSSR count). The van der Waals surface area contributed by atoms with Gasteiger partial charge < -0.3 is 19.5 Å². The number of likely N-dealkylation sites (tertiary alicyclic amines) is 1. The molecule has 0 saturated carbocycles. The van der Waals surface area contributed by atoms with Gasteiger partial charge in [-0.3, -0.25) is 14.6 Å². The van der Waals surface area contributed by atoms with Crippen LogP contribution in [-0.2, 0) is 16.1 Å². The number of carbonyl (C=O) groups is 2. The maximum atomic E-state index is 13.1. The van der Waals surface area contributed by atoms with E-state index in [2.05, 4.69) is 4.98 Å². The van der Waals surface area contributed by atoms with Crippen molar-refractivity contribution >= 4 is 17.4 Å². The average Bonchev–Trinajstić information content (AvgIpc) is 3.09. The van der Waals surface area contributed by atoms with Crippen molar-refractivity contribution in [1.82, 2.24) is 9.88 Å². The normalized spacial score (nSPS) is 17.4. The summed E-state index contributed by atoms with van der Waals surface area (Å²) >= 11 is 0. The fourth-order valence-corrected chi connectivity index (χ4v) is 3.77. The van der Waals surface area contributed by atoms with Crippen molar-refractivity contribution < 1.29 is 24.2 Å². The van der Waals surface area contributed by atoms with E-state index in [1.807, 2.05) is 6.07 Å². The lowest BCUT2D eigenvalue weighted by Gasteiger charge is -2.25. The molecule has 1 atom stereocenters. The highest BCUT2D eigenvalue weighted by Gasteiger charge is 2.46. The molecule has 1 amide bonds. The number of hydrogen-bond acceptors (Lipinski definition) is 6. The standard InChI is InChI=1S/C25H22N2O5/c1-31-19-9-5-17(6-10-19)22-21(23(28)18-7-11-20(32-2)12-8-18)24(29)25(30)27(22)15-16-4-3-13-26-14-16/h3-14,22,28H,15H2,1-2H3/b23-21-. The Bertz CT molecular complexity index is 1160. The number of ether oxygens (including phenoxy) is 2. The van der Waals surface area contributed by atoms with Crippen molar-refractivity contribution in [3.05, 3.63) is 95.3 Å². The van der Waals surface area contributed by atoms with Gasteiger partial charge in [-0.25, -0.2) is 0 Å². The summed E-state index contributed by atoms with van der Waals surface area (Å²) in [5.41, 5.74) is 1.92. The lowest BCUT2D eigenvalue weighted by molar-refractivity contribution is -0.140. The van der Waals surface area contributed by atoms with E-state index in [-0.39, 0.29) is 17.9 Å². The minimum absolute atomic E-state index is 0.0363. The minimum Gasteiger partial charge on any atom is -0.507 e. The summed E-state index contributed by atoms with van der Waals surface area (Å²) in [4.78, 5) is 31.7. The smallest absolute Gasteiger partial charge is 0.295 e. The summed E-state index contributed by atoms with van der Waals surface area (Å²) < 4.78 is 10.4. The van der Waals surface area contributed by atoms with Crippen molar-refractivity contribution in [3.63, 3.8) is 0 Å². The van der Waals surface area contributed by atoms with Gasteiger partial charge in [-0.2, -0.15) is 0 Å². The minimum atomic E-state index is -0.761. The van der Waals surface area contributed by atoms with E-state index in [4.69, 9.17) is 9.47 Å². The third-order valence-corrected chi connectivity index (χ3v) is 5.41. The topological polar surface area (TPSA) is 89.0 Å². The molecular formula is C25H22N2O5. The van der Waals surface area contributed by atoms with E-state index in [0.717, 1.165) is 5.56 Å². The van der Waals surface area contributed by atoms with Gasteiger partial charge in [0.15, 0.2) is 0 Å². The highest BCUT2D eigenvalue weighted by atomic mass is 16.5. The molecule has 32 heavy (non-hydrogen) atoms. The van der Waals surface area contributed by atoms with Crippen molar-refractivity contribution in [1.29, 1.82) is 0 Å². The van der Waals surface area contributed by atoms with Crippen LogP contribution in [0.5, 0.6) is 11.5 Å². The van der Waals surface area contributed by atoms with Crippen LogP contribution in [0.3, 0.4) is 0 Å². The van der Waals surface area contributed by atoms with E-state index < -0.39 is 17.7 Å². The first kappa shape index (κ1) is 21.1. The van der Waals surface area contributed by atoms with E-state index >= 15 is 0 Å². The Kier molecular flexibility index (Phi) is 5.89. The first-order valence-electron chi connectivity index (χ1n) is 9.99. The van der Waals surface area contributed by atoms with Crippen LogP contribution in [0.4, 0.5) is 0 Å². The molecule has 1 saturated heterocycles. The molecule has 1 unspecified atom stereocenters. The fraction of sp³-hybridized carbons (Fsp3) is 0.160. The lowest BCUT2D eigenvalue weighted by Crippen LogP contribution is -2.29. The van der Waals surface area contributed by atoms with Crippen LogP contribution < -0.4 is 9.47 Å². The molecule has 162 valence electrons. The van der Waals surface area contributed by atoms with E-state index in [1.54, 1.807) is 81.2 Å². The monoisotopic (exact) mass is 430 g/mol. The summed E-state index contributed by atoms with van der Waals surface area (Å²) in [6.45, 7) is 0.175. The molecule has 0 radical (unpaired) electrons. The summed E-state index contributed by atoms with van der Waals surface area (Å²) in [6, 6.07) is 16.6. The number of ketones is 1. The molecule has 3 aromatic rings. The number of aliphatic hydroxyl groups is 1. The molecule has 2 heterocycles. The molecule has 1 fully saturated rings. The quantitative estimate of drug-likeness (QED) is 0.364. The van der Waals surface area contributed by atoms with Crippen molar-refractivity contribution in [3.8, 4) is 11.5 Å². The zero-order valence-corrected chi connectivity index (χ0v) is 17.7. The third kappa shape index (κ3) is 3.92. The second-order valence-corrected chi connectivity index (χ2v) is 7.29. The molecular weight excluding hydrogens is 408 g/mol. The van der Waals surface area contributed by atoms with Gasteiger partial charge in [0.25, 0.3) is 11.7 Å². The second-order valence-electron chi connectivity index (χ2n) is 7.29. The molecule has 0 aliphatic carbocycles. The Morgan fingerprint density at radius 1 is 0.969 bits per heavy atom. The number of Topliss-reactive ketones (excluding diaryl/α,β-unsaturated/α-hetero) is 1. The van der Waals surface area contributed by atoms with Crippen LogP contribution in [0, 0.1) is 0 Å². The number of aromatic nitrogens is 1. The van der Waals surface area contributed by atoms with Crippen LogP contribution in [0.1, 0.15) is 22.7 Å². The van der Waals surface area contributed by atoms with Crippen LogP contribution in [0.15, 0.2) is 78.6 Å². The van der Waals surface area contributed by atoms with Gasteiger partial charge in [-0.15, -0.1) is 0 Å². The van der Waals surface area contributed by atoms with Gasteiger partial charge in [0.1, 0.15) is 17.3 Å². The Morgan fingerprint density at radius 3 is 2.16 bits per heavy atom. The predicted octanol–water partition coefficient (Wildman–Crippen LogP) is 3.72. The number of carbonyl (C=O) groups excluding carboxylic acids is 2. The van der Waals surface area contributed by atoms with Gasteiger partial charge in [-0.05, 0) is 53.6 Å². The maximum absolute atomic E-state index is 13.1. The maximum Gasteiger partial charge on any atom is 0.295 e. The molecule has 1 N–H and O–H groups in total. The predicted molar refractivity (Wildman–Crippen MR) is 118 cm³/mol. The summed E-state index contributed by atoms with van der Waals surface area (Å²) in [7, 11) is 3.11. The third-order valence-electron chi connectivity index (χ3n) is 5.41. The van der Waals surface area contributed by atoms with E-state index in [0.29, 0.717) is 22.6 Å². The summed E-state index contributed by atoms with van der Waals surface area (Å²) in [5.74, 6) is -0.383. The zero-order chi connectivity index (χ0) is 22.7. The lowest BCUT2D eigenvalue weighted by atomic mass is 9.95. The highest BCUT2D eigenvalue weighted by Crippen LogP contribution is 2.40. The molecule has 1 aromatic heterocycles. The van der Waals surface area contributed by atoms with E-state index in [1.165, 1.54) is 4.90 Å². The largest absolute Gasteiger partial charge is 0.507 e. The van der Waals surface area contributed by atoms with Gasteiger partial charge >= 0.3 is 0 Å². The summed E-state index contributed by atoms with van der Waals surface area (Å²) in [6.07, 6.45) is 3.29.